The van der Waals surface area contributed by atoms with Gasteiger partial charge in [-0.2, -0.15) is 0 Å². The molecule has 2 heterocycles. The topological polar surface area (TPSA) is 43.7 Å². The third kappa shape index (κ3) is 1.61. The standard InChI is InChI=1S/C9H10N2O2/c1-12-8-4-2-3-7(11-8)9-10-5-6-13-9/h2-4H,5-6H2,1H3. The van der Waals surface area contributed by atoms with Crippen LogP contribution in [-0.2, 0) is 4.74 Å². The van der Waals surface area contributed by atoms with Crippen LogP contribution in [-0.4, -0.2) is 31.1 Å². The van der Waals surface area contributed by atoms with Gasteiger partial charge in [0.15, 0.2) is 0 Å². The molecular formula is C9H10N2O2. The molecule has 1 aromatic heterocycles. The fourth-order valence-corrected chi connectivity index (χ4v) is 1.14. The maximum atomic E-state index is 5.27. The Morgan fingerprint density at radius 2 is 2.38 bits per heavy atom. The summed E-state index contributed by atoms with van der Waals surface area (Å²) in [7, 11) is 1.59. The molecule has 0 bridgehead atoms. The van der Waals surface area contributed by atoms with E-state index in [1.54, 1.807) is 13.2 Å². The fourth-order valence-electron chi connectivity index (χ4n) is 1.14. The lowest BCUT2D eigenvalue weighted by Gasteiger charge is -2.02. The van der Waals surface area contributed by atoms with Gasteiger partial charge >= 0.3 is 0 Å². The van der Waals surface area contributed by atoms with Gasteiger partial charge in [-0.05, 0) is 6.07 Å². The summed E-state index contributed by atoms with van der Waals surface area (Å²) in [6.07, 6.45) is 0. The van der Waals surface area contributed by atoms with Gasteiger partial charge in [-0.15, -0.1) is 0 Å². The highest BCUT2D eigenvalue weighted by Crippen LogP contribution is 2.10. The SMILES string of the molecule is COc1cccc(C2=NCCO2)n1. The zero-order chi connectivity index (χ0) is 9.10. The first kappa shape index (κ1) is 8.04. The first-order chi connectivity index (χ1) is 6.40. The highest BCUT2D eigenvalue weighted by molar-refractivity contribution is 5.93. The van der Waals surface area contributed by atoms with Crippen LogP contribution in [0.5, 0.6) is 5.88 Å². The molecule has 13 heavy (non-hydrogen) atoms. The Balaban J connectivity index is 2.29. The van der Waals surface area contributed by atoms with Crippen molar-refractivity contribution in [3.63, 3.8) is 0 Å². The van der Waals surface area contributed by atoms with Crippen molar-refractivity contribution in [2.24, 2.45) is 4.99 Å². The van der Waals surface area contributed by atoms with Crippen LogP contribution in [0.4, 0.5) is 0 Å². The zero-order valence-electron chi connectivity index (χ0n) is 7.36. The molecule has 0 spiro atoms. The van der Waals surface area contributed by atoms with Gasteiger partial charge in [-0.1, -0.05) is 6.07 Å². The van der Waals surface area contributed by atoms with E-state index in [9.17, 15) is 0 Å². The second kappa shape index (κ2) is 3.43. The quantitative estimate of drug-likeness (QED) is 0.674. The molecule has 0 saturated heterocycles. The van der Waals surface area contributed by atoms with Crippen molar-refractivity contribution in [1.82, 2.24) is 4.98 Å². The van der Waals surface area contributed by atoms with E-state index in [0.717, 1.165) is 5.69 Å². The molecule has 1 aromatic rings. The Kier molecular flexibility index (Phi) is 2.12. The third-order valence-electron chi connectivity index (χ3n) is 1.74. The van der Waals surface area contributed by atoms with Crippen LogP contribution in [0.15, 0.2) is 23.2 Å². The summed E-state index contributed by atoms with van der Waals surface area (Å²) in [6, 6.07) is 5.51. The molecule has 0 atom stereocenters. The van der Waals surface area contributed by atoms with Crippen LogP contribution in [0.25, 0.3) is 0 Å². The third-order valence-corrected chi connectivity index (χ3v) is 1.74. The predicted octanol–water partition coefficient (Wildman–Crippen LogP) is 0.867. The van der Waals surface area contributed by atoms with Crippen LogP contribution in [0.1, 0.15) is 5.69 Å². The molecule has 1 aliphatic rings. The summed E-state index contributed by atoms with van der Waals surface area (Å²) in [5.41, 5.74) is 0.733. The Hall–Kier alpha value is -1.58. The van der Waals surface area contributed by atoms with Gasteiger partial charge in [0, 0.05) is 6.07 Å². The van der Waals surface area contributed by atoms with Gasteiger partial charge in [-0.25, -0.2) is 9.98 Å². The molecule has 0 unspecified atom stereocenters. The number of hydrogen-bond donors (Lipinski definition) is 0. The Morgan fingerprint density at radius 1 is 1.46 bits per heavy atom. The minimum atomic E-state index is 0.579. The van der Waals surface area contributed by atoms with E-state index in [-0.39, 0.29) is 0 Å². The molecule has 0 aromatic carbocycles. The number of aromatic nitrogens is 1. The van der Waals surface area contributed by atoms with Gasteiger partial charge in [0.2, 0.25) is 11.8 Å². The van der Waals surface area contributed by atoms with Crippen LogP contribution in [0.3, 0.4) is 0 Å². The second-order valence-electron chi connectivity index (χ2n) is 2.60. The molecule has 0 radical (unpaired) electrons. The van der Waals surface area contributed by atoms with E-state index in [1.165, 1.54) is 0 Å². The van der Waals surface area contributed by atoms with Gasteiger partial charge in [0.25, 0.3) is 0 Å². The number of ether oxygens (including phenoxy) is 2. The predicted molar refractivity (Wildman–Crippen MR) is 48.1 cm³/mol. The lowest BCUT2D eigenvalue weighted by molar-refractivity contribution is 0.346. The molecule has 1 aliphatic heterocycles. The Labute approximate surface area is 76.2 Å². The van der Waals surface area contributed by atoms with E-state index >= 15 is 0 Å². The van der Waals surface area contributed by atoms with Crippen molar-refractivity contribution in [2.45, 2.75) is 0 Å². The highest BCUT2D eigenvalue weighted by Gasteiger charge is 2.11. The number of methoxy groups -OCH3 is 1. The first-order valence-corrected chi connectivity index (χ1v) is 4.09. The molecule has 68 valence electrons. The summed E-state index contributed by atoms with van der Waals surface area (Å²) < 4.78 is 10.3. The van der Waals surface area contributed by atoms with E-state index < -0.39 is 0 Å². The Bertz CT molecular complexity index is 336. The summed E-state index contributed by atoms with van der Waals surface area (Å²) in [6.45, 7) is 1.36. The molecule has 4 heteroatoms. The lowest BCUT2D eigenvalue weighted by atomic mass is 10.3. The molecule has 0 amide bonds. The molecule has 4 nitrogen and oxygen atoms in total. The number of nitrogens with zero attached hydrogens (tertiary/aromatic N) is 2. The van der Waals surface area contributed by atoms with E-state index in [4.69, 9.17) is 9.47 Å². The molecule has 0 aliphatic carbocycles. The summed E-state index contributed by atoms with van der Waals surface area (Å²) in [5, 5.41) is 0. The summed E-state index contributed by atoms with van der Waals surface area (Å²) in [5.74, 6) is 1.19. The molecule has 2 rings (SSSR count). The van der Waals surface area contributed by atoms with Crippen LogP contribution in [0.2, 0.25) is 0 Å². The summed E-state index contributed by atoms with van der Waals surface area (Å²) >= 11 is 0. The Morgan fingerprint density at radius 3 is 3.08 bits per heavy atom. The van der Waals surface area contributed by atoms with Crippen molar-refractivity contribution in [2.75, 3.05) is 20.3 Å². The normalized spacial score (nSPS) is 15.0. The molecular weight excluding hydrogens is 168 g/mol. The highest BCUT2D eigenvalue weighted by atomic mass is 16.5. The van der Waals surface area contributed by atoms with Crippen molar-refractivity contribution in [3.8, 4) is 5.88 Å². The van der Waals surface area contributed by atoms with E-state index in [2.05, 4.69) is 9.98 Å². The molecule has 0 N–H and O–H groups in total. The van der Waals surface area contributed by atoms with Crippen LogP contribution >= 0.6 is 0 Å². The zero-order valence-corrected chi connectivity index (χ0v) is 7.36. The van der Waals surface area contributed by atoms with Gasteiger partial charge < -0.3 is 9.47 Å². The molecule has 0 saturated carbocycles. The average molecular weight is 178 g/mol. The van der Waals surface area contributed by atoms with Crippen molar-refractivity contribution >= 4 is 5.90 Å². The maximum absolute atomic E-state index is 5.27. The minimum absolute atomic E-state index is 0.579. The minimum Gasteiger partial charge on any atom is -0.481 e. The number of aliphatic imine (C=N–C) groups is 1. The smallest absolute Gasteiger partial charge is 0.235 e. The van der Waals surface area contributed by atoms with E-state index in [0.29, 0.717) is 24.9 Å². The van der Waals surface area contributed by atoms with E-state index in [1.807, 2.05) is 12.1 Å². The van der Waals surface area contributed by atoms with Gasteiger partial charge in [0.05, 0.1) is 13.7 Å². The van der Waals surface area contributed by atoms with Gasteiger partial charge in [-0.3, -0.25) is 0 Å². The second-order valence-corrected chi connectivity index (χ2v) is 2.60. The molecule has 0 fully saturated rings. The van der Waals surface area contributed by atoms with Crippen LogP contribution < -0.4 is 4.74 Å². The first-order valence-electron chi connectivity index (χ1n) is 4.09. The number of hydrogen-bond acceptors (Lipinski definition) is 4. The van der Waals surface area contributed by atoms with Crippen molar-refractivity contribution in [1.29, 1.82) is 0 Å². The number of rotatable bonds is 2. The largest absolute Gasteiger partial charge is 0.481 e. The van der Waals surface area contributed by atoms with Crippen LogP contribution in [0, 0.1) is 0 Å². The lowest BCUT2D eigenvalue weighted by Crippen LogP contribution is -2.04. The maximum Gasteiger partial charge on any atom is 0.235 e. The monoisotopic (exact) mass is 178 g/mol. The number of pyridine rings is 1. The van der Waals surface area contributed by atoms with Crippen molar-refractivity contribution < 1.29 is 9.47 Å². The fraction of sp³-hybridized carbons (Fsp3) is 0.333. The van der Waals surface area contributed by atoms with Crippen molar-refractivity contribution in [3.05, 3.63) is 23.9 Å². The summed E-state index contributed by atoms with van der Waals surface area (Å²) in [4.78, 5) is 8.35. The van der Waals surface area contributed by atoms with Gasteiger partial charge in [0.1, 0.15) is 12.3 Å². The average Bonchev–Trinajstić information content (AvgIpc) is 2.71.